The quantitative estimate of drug-likeness (QED) is 0.357. The summed E-state index contributed by atoms with van der Waals surface area (Å²) in [5.41, 5.74) is 6.14. The second kappa shape index (κ2) is 6.85. The van der Waals surface area contributed by atoms with E-state index in [0.717, 1.165) is 25.9 Å². The summed E-state index contributed by atoms with van der Waals surface area (Å²) in [6, 6.07) is 7.64. The first-order chi connectivity index (χ1) is 13.1. The van der Waals surface area contributed by atoms with Crippen LogP contribution in [-0.2, 0) is 6.42 Å². The number of halogens is 1. The topological polar surface area (TPSA) is 8.17 Å². The molecule has 0 spiro atoms. The van der Waals surface area contributed by atoms with Crippen LogP contribution >= 0.6 is 15.9 Å². The van der Waals surface area contributed by atoms with E-state index in [1.807, 2.05) is 0 Å². The molecular weight excluding hydrogens is 424 g/mol. The van der Waals surface area contributed by atoms with Crippen LogP contribution in [0.25, 0.3) is 10.9 Å². The third-order valence-corrected chi connectivity index (χ3v) is 14.2. The van der Waals surface area contributed by atoms with Crippen molar-refractivity contribution in [2.45, 2.75) is 77.6 Å². The third-order valence-electron chi connectivity index (χ3n) is 7.79. The molecular formula is C24H35BrN2Si. The van der Waals surface area contributed by atoms with E-state index in [2.05, 4.69) is 97.1 Å². The smallest absolute Gasteiger partial charge is 0.162 e. The molecule has 1 aliphatic carbocycles. The number of rotatable bonds is 3. The molecule has 0 radical (unpaired) electrons. The molecule has 4 heteroatoms. The van der Waals surface area contributed by atoms with Crippen molar-refractivity contribution in [3.8, 4) is 0 Å². The predicted molar refractivity (Wildman–Crippen MR) is 128 cm³/mol. The fraction of sp³-hybridized carbons (Fsp3) is 0.583. The summed E-state index contributed by atoms with van der Waals surface area (Å²) in [4.78, 5) is 2.71. The highest BCUT2D eigenvalue weighted by atomic mass is 79.9. The van der Waals surface area contributed by atoms with Gasteiger partial charge in [0.15, 0.2) is 8.24 Å². The maximum Gasteiger partial charge on any atom is 0.162 e. The maximum absolute atomic E-state index is 4.10. The number of hydrogen-bond donors (Lipinski definition) is 0. The van der Waals surface area contributed by atoms with Gasteiger partial charge in [-0.15, -0.1) is 0 Å². The number of aromatic nitrogens is 1. The Morgan fingerprint density at radius 2 is 1.89 bits per heavy atom. The summed E-state index contributed by atoms with van der Waals surface area (Å²) < 4.78 is 4.06. The van der Waals surface area contributed by atoms with E-state index in [1.165, 1.54) is 15.5 Å². The molecule has 152 valence electrons. The van der Waals surface area contributed by atoms with Crippen molar-refractivity contribution >= 4 is 35.1 Å². The first kappa shape index (κ1) is 20.4. The number of benzene rings is 1. The molecule has 1 aromatic carbocycles. The van der Waals surface area contributed by atoms with Crippen LogP contribution in [-0.4, -0.2) is 36.5 Å². The van der Waals surface area contributed by atoms with Crippen molar-refractivity contribution in [3.05, 3.63) is 45.6 Å². The van der Waals surface area contributed by atoms with Gasteiger partial charge in [-0.05, 0) is 57.5 Å². The summed E-state index contributed by atoms with van der Waals surface area (Å²) in [7, 11) is -1.73. The highest BCUT2D eigenvalue weighted by Crippen LogP contribution is 2.49. The summed E-state index contributed by atoms with van der Waals surface area (Å²) in [6.07, 6.45) is 4.92. The SMILES string of the molecule is CCC1=C[C@@H]2c3cccc4c3c(c(Br)n4[Si](C)(C)C(C)(C)C)C[C@H]2N(CC)C1. The molecule has 2 heterocycles. The Labute approximate surface area is 180 Å². The average Bonchev–Trinajstić information content (AvgIpc) is 2.93. The van der Waals surface area contributed by atoms with Crippen LogP contribution in [0.4, 0.5) is 0 Å². The summed E-state index contributed by atoms with van der Waals surface area (Å²) in [5.74, 6) is 0.530. The zero-order chi connectivity index (χ0) is 20.4. The summed E-state index contributed by atoms with van der Waals surface area (Å²) in [6.45, 7) is 19.2. The predicted octanol–water partition coefficient (Wildman–Crippen LogP) is 6.94. The second-order valence-corrected chi connectivity index (χ2v) is 16.0. The molecule has 2 aromatic rings. The molecule has 1 aromatic heterocycles. The first-order valence-corrected chi connectivity index (χ1v) is 14.6. The molecule has 0 bridgehead atoms. The lowest BCUT2D eigenvalue weighted by Crippen LogP contribution is -2.46. The number of fused-ring (bicyclic) bond motifs is 2. The molecule has 2 aliphatic rings. The van der Waals surface area contributed by atoms with Gasteiger partial charge in [0.05, 0.1) is 4.60 Å². The van der Waals surface area contributed by atoms with Gasteiger partial charge in [0.1, 0.15) is 0 Å². The van der Waals surface area contributed by atoms with Gasteiger partial charge in [-0.3, -0.25) is 4.90 Å². The normalized spacial score (nSPS) is 23.1. The third kappa shape index (κ3) is 2.82. The Hall–Kier alpha value is -0.843. The molecule has 2 atom stereocenters. The minimum absolute atomic E-state index is 0.292. The highest BCUT2D eigenvalue weighted by Gasteiger charge is 2.43. The molecule has 0 saturated carbocycles. The van der Waals surface area contributed by atoms with E-state index in [0.29, 0.717) is 17.0 Å². The Morgan fingerprint density at radius 1 is 1.18 bits per heavy atom. The Kier molecular flexibility index (Phi) is 5.00. The van der Waals surface area contributed by atoms with Gasteiger partial charge in [-0.25, -0.2) is 0 Å². The lowest BCUT2D eigenvalue weighted by atomic mass is 9.76. The fourth-order valence-electron chi connectivity index (χ4n) is 5.12. The van der Waals surface area contributed by atoms with Crippen molar-refractivity contribution in [3.63, 3.8) is 0 Å². The van der Waals surface area contributed by atoms with Crippen LogP contribution in [0.3, 0.4) is 0 Å². The highest BCUT2D eigenvalue weighted by molar-refractivity contribution is 9.10. The Bertz CT molecular complexity index is 948. The summed E-state index contributed by atoms with van der Waals surface area (Å²) in [5, 5.41) is 1.82. The van der Waals surface area contributed by atoms with Crippen LogP contribution in [0, 0.1) is 0 Å². The molecule has 0 N–H and O–H groups in total. The van der Waals surface area contributed by atoms with E-state index in [1.54, 1.807) is 16.7 Å². The van der Waals surface area contributed by atoms with Gasteiger partial charge >= 0.3 is 0 Å². The molecule has 4 rings (SSSR count). The van der Waals surface area contributed by atoms with Gasteiger partial charge in [0.2, 0.25) is 0 Å². The molecule has 0 fully saturated rings. The van der Waals surface area contributed by atoms with Crippen molar-refractivity contribution in [2.75, 3.05) is 13.1 Å². The van der Waals surface area contributed by atoms with E-state index < -0.39 is 8.24 Å². The van der Waals surface area contributed by atoms with Crippen molar-refractivity contribution < 1.29 is 0 Å². The van der Waals surface area contributed by atoms with Gasteiger partial charge in [-0.2, -0.15) is 0 Å². The molecule has 0 amide bonds. The molecule has 0 unspecified atom stereocenters. The number of nitrogens with zero attached hydrogens (tertiary/aromatic N) is 2. The minimum atomic E-state index is -1.73. The maximum atomic E-state index is 4.10. The first-order valence-electron chi connectivity index (χ1n) is 10.9. The number of hydrogen-bond acceptors (Lipinski definition) is 1. The molecule has 28 heavy (non-hydrogen) atoms. The van der Waals surface area contributed by atoms with Crippen LogP contribution in [0.1, 0.15) is 58.1 Å². The lowest BCUT2D eigenvalue weighted by Gasteiger charge is -2.42. The zero-order valence-electron chi connectivity index (χ0n) is 18.6. The van der Waals surface area contributed by atoms with Crippen LogP contribution < -0.4 is 0 Å². The largest absolute Gasteiger partial charge is 0.362 e. The van der Waals surface area contributed by atoms with Gasteiger partial charge in [0.25, 0.3) is 0 Å². The fourth-order valence-corrected chi connectivity index (χ4v) is 9.09. The van der Waals surface area contributed by atoms with Crippen LogP contribution in [0.15, 0.2) is 34.5 Å². The van der Waals surface area contributed by atoms with E-state index >= 15 is 0 Å². The monoisotopic (exact) mass is 458 g/mol. The van der Waals surface area contributed by atoms with Gasteiger partial charge in [0, 0.05) is 29.4 Å². The van der Waals surface area contributed by atoms with Crippen molar-refractivity contribution in [1.29, 1.82) is 0 Å². The van der Waals surface area contributed by atoms with Crippen molar-refractivity contribution in [2.24, 2.45) is 0 Å². The second-order valence-electron chi connectivity index (χ2n) is 10.2. The standard InChI is InChI=1S/C24H35BrN2Si/c1-8-16-13-18-17-11-10-12-20-22(17)19(14-21(18)26(9-2)15-16)23(25)27(20)28(6,7)24(3,4)5/h10-13,18,21H,8-9,14-15H2,1-7H3/t18-,21-/m1/s1. The Morgan fingerprint density at radius 3 is 2.50 bits per heavy atom. The lowest BCUT2D eigenvalue weighted by molar-refractivity contribution is 0.189. The molecule has 2 nitrogen and oxygen atoms in total. The number of likely N-dealkylation sites (N-methyl/N-ethyl adjacent to an activating group) is 1. The van der Waals surface area contributed by atoms with Gasteiger partial charge < -0.3 is 4.23 Å². The van der Waals surface area contributed by atoms with Crippen LogP contribution in [0.2, 0.25) is 18.1 Å². The van der Waals surface area contributed by atoms with Crippen LogP contribution in [0.5, 0.6) is 0 Å². The van der Waals surface area contributed by atoms with E-state index in [4.69, 9.17) is 0 Å². The van der Waals surface area contributed by atoms with Gasteiger partial charge in [-0.1, -0.05) is 71.5 Å². The van der Waals surface area contributed by atoms with E-state index in [9.17, 15) is 0 Å². The zero-order valence-corrected chi connectivity index (χ0v) is 21.2. The minimum Gasteiger partial charge on any atom is -0.362 e. The molecule has 0 saturated heterocycles. The Balaban J connectivity index is 1.99. The summed E-state index contributed by atoms with van der Waals surface area (Å²) >= 11 is 4.10. The van der Waals surface area contributed by atoms with Crippen molar-refractivity contribution in [1.82, 2.24) is 9.13 Å². The van der Waals surface area contributed by atoms with E-state index in [-0.39, 0.29) is 0 Å². The average molecular weight is 460 g/mol. The molecule has 1 aliphatic heterocycles.